The molecular formula is C17H18BrNO2. The summed E-state index contributed by atoms with van der Waals surface area (Å²) in [4.78, 5) is 12.1. The Kier molecular flexibility index (Phi) is 5.39. The lowest BCUT2D eigenvalue weighted by Gasteiger charge is -2.15. The number of methoxy groups -OCH3 is 1. The van der Waals surface area contributed by atoms with Crippen molar-refractivity contribution in [3.63, 3.8) is 0 Å². The van der Waals surface area contributed by atoms with Crippen molar-refractivity contribution in [3.8, 4) is 5.75 Å². The van der Waals surface area contributed by atoms with Crippen molar-refractivity contribution in [1.29, 1.82) is 0 Å². The predicted molar refractivity (Wildman–Crippen MR) is 87.4 cm³/mol. The molecule has 2 aromatic rings. The fourth-order valence-corrected chi connectivity index (χ4v) is 2.32. The molecule has 0 aliphatic rings. The summed E-state index contributed by atoms with van der Waals surface area (Å²) >= 11 is 3.38. The van der Waals surface area contributed by atoms with Crippen LogP contribution in [0.4, 0.5) is 0 Å². The van der Waals surface area contributed by atoms with Crippen molar-refractivity contribution in [2.45, 2.75) is 19.4 Å². The van der Waals surface area contributed by atoms with Gasteiger partial charge in [0.15, 0.2) is 0 Å². The molecule has 0 spiro atoms. The zero-order valence-corrected chi connectivity index (χ0v) is 13.7. The molecule has 0 aromatic heterocycles. The summed E-state index contributed by atoms with van der Waals surface area (Å²) in [6.45, 7) is 1.97. The topological polar surface area (TPSA) is 38.3 Å². The highest BCUT2D eigenvalue weighted by atomic mass is 79.9. The summed E-state index contributed by atoms with van der Waals surface area (Å²) in [6, 6.07) is 15.5. The van der Waals surface area contributed by atoms with Crippen LogP contribution in [0, 0.1) is 0 Å². The molecule has 0 saturated heterocycles. The fourth-order valence-electron chi connectivity index (χ4n) is 2.06. The number of hydrogen-bond acceptors (Lipinski definition) is 2. The SMILES string of the molecule is COc1ccc([C@H](C)NC(=O)Cc2ccc(Br)cc2)cc1. The number of carbonyl (C=O) groups is 1. The standard InChI is InChI=1S/C17H18BrNO2/c1-12(14-5-9-16(21-2)10-6-14)19-17(20)11-13-3-7-15(18)8-4-13/h3-10,12H,11H2,1-2H3,(H,19,20)/t12-/m0/s1. The summed E-state index contributed by atoms with van der Waals surface area (Å²) in [7, 11) is 1.64. The minimum Gasteiger partial charge on any atom is -0.497 e. The molecule has 0 fully saturated rings. The van der Waals surface area contributed by atoms with E-state index < -0.39 is 0 Å². The van der Waals surface area contributed by atoms with E-state index in [1.165, 1.54) is 0 Å². The molecule has 4 heteroatoms. The number of ether oxygens (including phenoxy) is 1. The Hall–Kier alpha value is -1.81. The maximum absolute atomic E-state index is 12.1. The third kappa shape index (κ3) is 4.60. The van der Waals surface area contributed by atoms with Crippen LogP contribution in [0.25, 0.3) is 0 Å². The van der Waals surface area contributed by atoms with Gasteiger partial charge in [-0.3, -0.25) is 4.79 Å². The van der Waals surface area contributed by atoms with E-state index in [0.717, 1.165) is 21.3 Å². The third-order valence-electron chi connectivity index (χ3n) is 3.27. The quantitative estimate of drug-likeness (QED) is 0.891. The van der Waals surface area contributed by atoms with Gasteiger partial charge in [0.25, 0.3) is 0 Å². The lowest BCUT2D eigenvalue weighted by atomic mass is 10.1. The van der Waals surface area contributed by atoms with Gasteiger partial charge in [-0.05, 0) is 42.3 Å². The van der Waals surface area contributed by atoms with E-state index in [9.17, 15) is 4.79 Å². The summed E-state index contributed by atoms with van der Waals surface area (Å²) in [5.74, 6) is 0.827. The average Bonchev–Trinajstić information content (AvgIpc) is 2.49. The Morgan fingerprint density at radius 2 is 1.76 bits per heavy atom. The molecule has 1 N–H and O–H groups in total. The second-order valence-corrected chi connectivity index (χ2v) is 5.78. The van der Waals surface area contributed by atoms with Gasteiger partial charge in [0.05, 0.1) is 19.6 Å². The van der Waals surface area contributed by atoms with Gasteiger partial charge >= 0.3 is 0 Å². The summed E-state index contributed by atoms with van der Waals surface area (Å²) in [5.41, 5.74) is 2.05. The van der Waals surface area contributed by atoms with Gasteiger partial charge in [0.1, 0.15) is 5.75 Å². The maximum Gasteiger partial charge on any atom is 0.224 e. The Bertz CT molecular complexity index is 593. The van der Waals surface area contributed by atoms with Crippen LogP contribution in [0.1, 0.15) is 24.1 Å². The normalized spacial score (nSPS) is 11.8. The molecule has 0 heterocycles. The van der Waals surface area contributed by atoms with E-state index in [4.69, 9.17) is 4.74 Å². The molecule has 0 unspecified atom stereocenters. The lowest BCUT2D eigenvalue weighted by molar-refractivity contribution is -0.121. The van der Waals surface area contributed by atoms with Crippen LogP contribution in [0.5, 0.6) is 5.75 Å². The van der Waals surface area contributed by atoms with Crippen molar-refractivity contribution in [3.05, 3.63) is 64.1 Å². The zero-order chi connectivity index (χ0) is 15.2. The largest absolute Gasteiger partial charge is 0.497 e. The van der Waals surface area contributed by atoms with E-state index >= 15 is 0 Å². The van der Waals surface area contributed by atoms with Crippen molar-refractivity contribution in [2.24, 2.45) is 0 Å². The maximum atomic E-state index is 12.1. The fraction of sp³-hybridized carbons (Fsp3) is 0.235. The molecule has 21 heavy (non-hydrogen) atoms. The minimum absolute atomic E-state index is 0.0145. The van der Waals surface area contributed by atoms with Gasteiger partial charge in [-0.25, -0.2) is 0 Å². The van der Waals surface area contributed by atoms with Crippen molar-refractivity contribution in [1.82, 2.24) is 5.32 Å². The average molecular weight is 348 g/mol. The molecule has 0 aliphatic heterocycles. The summed E-state index contributed by atoms with van der Waals surface area (Å²) in [5, 5.41) is 3.01. The van der Waals surface area contributed by atoms with Crippen molar-refractivity contribution in [2.75, 3.05) is 7.11 Å². The molecule has 1 atom stereocenters. The molecular weight excluding hydrogens is 330 g/mol. The number of amides is 1. The van der Waals surface area contributed by atoms with Gasteiger partial charge in [-0.2, -0.15) is 0 Å². The predicted octanol–water partition coefficient (Wildman–Crippen LogP) is 3.88. The second kappa shape index (κ2) is 7.27. The highest BCUT2D eigenvalue weighted by Gasteiger charge is 2.10. The van der Waals surface area contributed by atoms with Gasteiger partial charge in [0, 0.05) is 4.47 Å². The molecule has 3 nitrogen and oxygen atoms in total. The molecule has 2 rings (SSSR count). The molecule has 0 bridgehead atoms. The number of benzene rings is 2. The zero-order valence-electron chi connectivity index (χ0n) is 12.1. The van der Waals surface area contributed by atoms with Crippen molar-refractivity contribution >= 4 is 21.8 Å². The molecule has 1 amide bonds. The smallest absolute Gasteiger partial charge is 0.224 e. The molecule has 0 aliphatic carbocycles. The monoisotopic (exact) mass is 347 g/mol. The number of nitrogens with one attached hydrogen (secondary N) is 1. The Balaban J connectivity index is 1.93. The van der Waals surface area contributed by atoms with Gasteiger partial charge < -0.3 is 10.1 Å². The third-order valence-corrected chi connectivity index (χ3v) is 3.80. The number of carbonyl (C=O) groups excluding carboxylic acids is 1. The van der Waals surface area contributed by atoms with Gasteiger partial charge in [-0.15, -0.1) is 0 Å². The molecule has 2 aromatic carbocycles. The minimum atomic E-state index is -0.0288. The first-order valence-electron chi connectivity index (χ1n) is 6.76. The second-order valence-electron chi connectivity index (χ2n) is 4.87. The van der Waals surface area contributed by atoms with Crippen LogP contribution in [0.15, 0.2) is 53.0 Å². The van der Waals surface area contributed by atoms with Crippen molar-refractivity contribution < 1.29 is 9.53 Å². The molecule has 0 radical (unpaired) electrons. The first-order chi connectivity index (χ1) is 10.1. The van der Waals surface area contributed by atoms with Gasteiger partial charge in [-0.1, -0.05) is 40.2 Å². The lowest BCUT2D eigenvalue weighted by Crippen LogP contribution is -2.28. The van der Waals surface area contributed by atoms with Gasteiger partial charge in [0.2, 0.25) is 5.91 Å². The highest BCUT2D eigenvalue weighted by Crippen LogP contribution is 2.17. The van der Waals surface area contributed by atoms with E-state index in [2.05, 4.69) is 21.2 Å². The van der Waals surface area contributed by atoms with E-state index in [1.807, 2.05) is 55.5 Å². The van der Waals surface area contributed by atoms with E-state index in [0.29, 0.717) is 6.42 Å². The van der Waals surface area contributed by atoms with Crippen LogP contribution in [0.3, 0.4) is 0 Å². The van der Waals surface area contributed by atoms with Crippen LogP contribution in [-0.2, 0) is 11.2 Å². The molecule has 0 saturated carbocycles. The first kappa shape index (κ1) is 15.6. The summed E-state index contributed by atoms with van der Waals surface area (Å²) < 4.78 is 6.14. The van der Waals surface area contributed by atoms with Crippen LogP contribution in [0.2, 0.25) is 0 Å². The van der Waals surface area contributed by atoms with Crippen LogP contribution in [-0.4, -0.2) is 13.0 Å². The number of hydrogen-bond donors (Lipinski definition) is 1. The Morgan fingerprint density at radius 1 is 1.14 bits per heavy atom. The van der Waals surface area contributed by atoms with Crippen LogP contribution < -0.4 is 10.1 Å². The number of halogens is 1. The number of rotatable bonds is 5. The highest BCUT2D eigenvalue weighted by molar-refractivity contribution is 9.10. The Morgan fingerprint density at radius 3 is 2.33 bits per heavy atom. The summed E-state index contributed by atoms with van der Waals surface area (Å²) in [6.07, 6.45) is 0.383. The first-order valence-corrected chi connectivity index (χ1v) is 7.55. The van der Waals surface area contributed by atoms with Crippen LogP contribution >= 0.6 is 15.9 Å². The molecule has 110 valence electrons. The van der Waals surface area contributed by atoms with E-state index in [1.54, 1.807) is 7.11 Å². The van der Waals surface area contributed by atoms with E-state index in [-0.39, 0.29) is 11.9 Å². The Labute approximate surface area is 133 Å².